The van der Waals surface area contributed by atoms with E-state index < -0.39 is 9.84 Å². The molecular formula is C13H12N2O3S. The van der Waals surface area contributed by atoms with Crippen LogP contribution in [0.15, 0.2) is 24.3 Å². The molecule has 0 radical (unpaired) electrons. The lowest BCUT2D eigenvalue weighted by molar-refractivity contribution is -0.117. The van der Waals surface area contributed by atoms with Gasteiger partial charge in [0.15, 0.2) is 9.84 Å². The summed E-state index contributed by atoms with van der Waals surface area (Å²) in [4.78, 5) is 13.6. The molecule has 0 spiro atoms. The van der Waals surface area contributed by atoms with Crippen molar-refractivity contribution in [1.29, 1.82) is 5.26 Å². The van der Waals surface area contributed by atoms with Crippen LogP contribution in [0.4, 0.5) is 5.69 Å². The lowest BCUT2D eigenvalue weighted by Crippen LogP contribution is -2.36. The van der Waals surface area contributed by atoms with Gasteiger partial charge in [0.05, 0.1) is 29.2 Å². The van der Waals surface area contributed by atoms with E-state index in [2.05, 4.69) is 0 Å². The molecule has 2 fully saturated rings. The van der Waals surface area contributed by atoms with Crippen LogP contribution in [-0.2, 0) is 14.6 Å². The topological polar surface area (TPSA) is 78.2 Å². The van der Waals surface area contributed by atoms with Gasteiger partial charge >= 0.3 is 0 Å². The van der Waals surface area contributed by atoms with Crippen LogP contribution in [0.25, 0.3) is 0 Å². The molecule has 0 unspecified atom stereocenters. The number of fused-ring (bicyclic) bond motifs is 1. The zero-order valence-electron chi connectivity index (χ0n) is 10.1. The maximum absolute atomic E-state index is 12.0. The molecule has 1 aromatic rings. The zero-order valence-corrected chi connectivity index (χ0v) is 10.9. The van der Waals surface area contributed by atoms with E-state index in [4.69, 9.17) is 5.26 Å². The zero-order chi connectivity index (χ0) is 13.6. The van der Waals surface area contributed by atoms with Crippen molar-refractivity contribution in [2.45, 2.75) is 12.5 Å². The third-order valence-electron chi connectivity index (χ3n) is 3.73. The van der Waals surface area contributed by atoms with Gasteiger partial charge in [-0.1, -0.05) is 6.07 Å². The maximum Gasteiger partial charge on any atom is 0.227 e. The predicted molar refractivity (Wildman–Crippen MR) is 69.2 cm³/mol. The van der Waals surface area contributed by atoms with Crippen molar-refractivity contribution in [3.8, 4) is 6.07 Å². The second-order valence-electron chi connectivity index (χ2n) is 5.03. The molecule has 3 rings (SSSR count). The molecule has 0 aliphatic carbocycles. The van der Waals surface area contributed by atoms with Crippen LogP contribution in [0, 0.1) is 17.2 Å². The summed E-state index contributed by atoms with van der Waals surface area (Å²) in [5.74, 6) is -0.0406. The monoisotopic (exact) mass is 276 g/mol. The molecular weight excluding hydrogens is 264 g/mol. The van der Waals surface area contributed by atoms with Crippen molar-refractivity contribution in [1.82, 2.24) is 0 Å². The quantitative estimate of drug-likeness (QED) is 0.756. The Morgan fingerprint density at radius 1 is 1.32 bits per heavy atom. The van der Waals surface area contributed by atoms with Gasteiger partial charge in [-0.3, -0.25) is 4.79 Å². The number of carbonyl (C=O) groups is 1. The summed E-state index contributed by atoms with van der Waals surface area (Å²) in [6, 6.07) is 8.49. The van der Waals surface area contributed by atoms with Gasteiger partial charge in [0, 0.05) is 18.0 Å². The Morgan fingerprint density at radius 3 is 2.84 bits per heavy atom. The largest absolute Gasteiger partial charge is 0.308 e. The first kappa shape index (κ1) is 12.2. The highest BCUT2D eigenvalue weighted by molar-refractivity contribution is 7.91. The van der Waals surface area contributed by atoms with E-state index >= 15 is 0 Å². The fourth-order valence-electron chi connectivity index (χ4n) is 2.95. The number of carbonyl (C=O) groups excluding carboxylic acids is 1. The Hall–Kier alpha value is -1.87. The lowest BCUT2D eigenvalue weighted by atomic mass is 10.0. The van der Waals surface area contributed by atoms with E-state index in [1.54, 1.807) is 29.2 Å². The van der Waals surface area contributed by atoms with Crippen LogP contribution in [0.2, 0.25) is 0 Å². The normalized spacial score (nSPS) is 28.2. The molecule has 0 saturated carbocycles. The standard InChI is InChI=1S/C13H12N2O3S/c14-6-9-2-1-3-11(4-9)15-12-8-19(17,18)7-10(12)5-13(15)16/h1-4,10,12H,5,7-8H2/t10-,12+/m1/s1. The number of hydrogen-bond donors (Lipinski definition) is 0. The van der Waals surface area contributed by atoms with Gasteiger partial charge in [0.1, 0.15) is 0 Å². The molecule has 2 atom stereocenters. The SMILES string of the molecule is N#Cc1cccc(N2C(=O)C[C@@H]3CS(=O)(=O)C[C@@H]32)c1. The molecule has 19 heavy (non-hydrogen) atoms. The van der Waals surface area contributed by atoms with Crippen LogP contribution in [0.1, 0.15) is 12.0 Å². The first-order valence-corrected chi connectivity index (χ1v) is 7.85. The predicted octanol–water partition coefficient (Wildman–Crippen LogP) is 0.708. The van der Waals surface area contributed by atoms with E-state index in [1.807, 2.05) is 6.07 Å². The molecule has 98 valence electrons. The molecule has 2 heterocycles. The fourth-order valence-corrected chi connectivity index (χ4v) is 5.02. The summed E-state index contributed by atoms with van der Waals surface area (Å²) in [5, 5.41) is 8.89. The van der Waals surface area contributed by atoms with Gasteiger partial charge < -0.3 is 4.90 Å². The number of sulfone groups is 1. The molecule has 5 nitrogen and oxygen atoms in total. The smallest absolute Gasteiger partial charge is 0.227 e. The summed E-state index contributed by atoms with van der Waals surface area (Å²) < 4.78 is 23.3. The third kappa shape index (κ3) is 2.00. The molecule has 2 aliphatic heterocycles. The number of nitrogens with zero attached hydrogens (tertiary/aromatic N) is 2. The van der Waals surface area contributed by atoms with Gasteiger partial charge in [0.25, 0.3) is 0 Å². The Balaban J connectivity index is 2.00. The summed E-state index contributed by atoms with van der Waals surface area (Å²) in [6.45, 7) is 0. The highest BCUT2D eigenvalue weighted by Gasteiger charge is 2.49. The van der Waals surface area contributed by atoms with Crippen LogP contribution < -0.4 is 4.90 Å². The molecule has 2 aliphatic rings. The van der Waals surface area contributed by atoms with Crippen LogP contribution in [-0.4, -0.2) is 31.9 Å². The Morgan fingerprint density at radius 2 is 2.11 bits per heavy atom. The van der Waals surface area contributed by atoms with E-state index in [-0.39, 0.29) is 35.8 Å². The summed E-state index contributed by atoms with van der Waals surface area (Å²) >= 11 is 0. The molecule has 1 aromatic carbocycles. The van der Waals surface area contributed by atoms with Crippen LogP contribution in [0.3, 0.4) is 0 Å². The van der Waals surface area contributed by atoms with Gasteiger partial charge in [-0.2, -0.15) is 5.26 Å². The Labute approximate surface area is 111 Å². The van der Waals surface area contributed by atoms with E-state index in [0.717, 1.165) is 0 Å². The Bertz CT molecular complexity index is 690. The average Bonchev–Trinajstić information content (AvgIpc) is 2.79. The van der Waals surface area contributed by atoms with Gasteiger partial charge in [-0.25, -0.2) is 8.42 Å². The fraction of sp³-hybridized carbons (Fsp3) is 0.385. The molecule has 2 saturated heterocycles. The number of amides is 1. The van der Waals surface area contributed by atoms with Crippen molar-refractivity contribution >= 4 is 21.4 Å². The van der Waals surface area contributed by atoms with Gasteiger partial charge in [-0.05, 0) is 18.2 Å². The third-order valence-corrected chi connectivity index (χ3v) is 5.51. The first-order chi connectivity index (χ1) is 9.00. The van der Waals surface area contributed by atoms with Crippen LogP contribution >= 0.6 is 0 Å². The van der Waals surface area contributed by atoms with Gasteiger partial charge in [0.2, 0.25) is 5.91 Å². The molecule has 0 N–H and O–H groups in total. The van der Waals surface area contributed by atoms with E-state index in [0.29, 0.717) is 11.3 Å². The summed E-state index contributed by atoms with van der Waals surface area (Å²) in [6.07, 6.45) is 0.278. The molecule has 1 amide bonds. The highest BCUT2D eigenvalue weighted by Crippen LogP contribution is 2.37. The lowest BCUT2D eigenvalue weighted by Gasteiger charge is -2.23. The first-order valence-electron chi connectivity index (χ1n) is 6.03. The summed E-state index contributed by atoms with van der Waals surface area (Å²) in [5.41, 5.74) is 1.09. The second kappa shape index (κ2) is 4.07. The van der Waals surface area contributed by atoms with E-state index in [1.165, 1.54) is 0 Å². The number of rotatable bonds is 1. The van der Waals surface area contributed by atoms with E-state index in [9.17, 15) is 13.2 Å². The number of anilines is 1. The minimum absolute atomic E-state index is 0.0280. The van der Waals surface area contributed by atoms with Crippen molar-refractivity contribution in [2.24, 2.45) is 5.92 Å². The number of nitriles is 1. The van der Waals surface area contributed by atoms with Crippen molar-refractivity contribution in [3.63, 3.8) is 0 Å². The molecule has 6 heteroatoms. The van der Waals surface area contributed by atoms with Crippen molar-refractivity contribution in [3.05, 3.63) is 29.8 Å². The minimum atomic E-state index is -3.04. The minimum Gasteiger partial charge on any atom is -0.308 e. The number of benzene rings is 1. The van der Waals surface area contributed by atoms with Gasteiger partial charge in [-0.15, -0.1) is 0 Å². The molecule has 0 bridgehead atoms. The average molecular weight is 276 g/mol. The molecule has 0 aromatic heterocycles. The number of hydrogen-bond acceptors (Lipinski definition) is 4. The Kier molecular flexibility index (Phi) is 2.61. The van der Waals surface area contributed by atoms with Crippen molar-refractivity contribution < 1.29 is 13.2 Å². The summed E-state index contributed by atoms with van der Waals surface area (Å²) in [7, 11) is -3.04. The van der Waals surface area contributed by atoms with Crippen molar-refractivity contribution in [2.75, 3.05) is 16.4 Å². The highest BCUT2D eigenvalue weighted by atomic mass is 32.2. The van der Waals surface area contributed by atoms with Crippen LogP contribution in [0.5, 0.6) is 0 Å². The second-order valence-corrected chi connectivity index (χ2v) is 7.19. The maximum atomic E-state index is 12.0.